The molecule has 6 aromatic rings. The molecule has 1 N–H and O–H groups in total. The fourth-order valence-electron chi connectivity index (χ4n) is 6.63. The Morgan fingerprint density at radius 1 is 0.558 bits per heavy atom. The van der Waals surface area contributed by atoms with Gasteiger partial charge in [-0.25, -0.2) is 0 Å². The van der Waals surface area contributed by atoms with Crippen LogP contribution in [0.25, 0.3) is 21.5 Å². The van der Waals surface area contributed by atoms with Crippen molar-refractivity contribution < 1.29 is 0 Å². The van der Waals surface area contributed by atoms with Crippen LogP contribution in [0, 0.1) is 0 Å². The number of hydrogen-bond donors (Lipinski definition) is 1. The Bertz CT molecular complexity index is 2490. The molecule has 1 atom stereocenters. The fraction of sp³-hybridized carbons (Fsp3) is 0.0312. The van der Waals surface area contributed by atoms with Crippen LogP contribution in [0.1, 0.15) is 28.4 Å². The molecular formula is C32H18Cl2N8Sn. The molecule has 6 bridgehead atoms. The standard InChI is InChI=1S/C32H18N8.2ClH.Sn/c1-2-10-18-17(9-1)25-33-26(18)38-28-21-13-5-6-14-22(21)30(35-28)40-32-24-16-8-7-15-23(24)31(36-32)39-29-20-12-4-3-11-19(20)27(34-29)37-25;;;/h1-16,25,37H;2*1H;/q-2;;;+4/p-2. The summed E-state index contributed by atoms with van der Waals surface area (Å²) in [5, 5.41) is 7.39. The van der Waals surface area contributed by atoms with Gasteiger partial charge in [-0.05, 0) is 0 Å². The summed E-state index contributed by atoms with van der Waals surface area (Å²) in [6.07, 6.45) is -0.385. The van der Waals surface area contributed by atoms with Gasteiger partial charge in [0.25, 0.3) is 0 Å². The fourth-order valence-corrected chi connectivity index (χ4v) is 16.5. The van der Waals surface area contributed by atoms with Gasteiger partial charge in [-0.1, -0.05) is 0 Å². The average molecular weight is 704 g/mol. The normalized spacial score (nSPS) is 19.7. The quantitative estimate of drug-likeness (QED) is 0.197. The molecule has 0 spiro atoms. The van der Waals surface area contributed by atoms with Gasteiger partial charge < -0.3 is 0 Å². The van der Waals surface area contributed by atoms with Gasteiger partial charge in [0, 0.05) is 0 Å². The third-order valence-electron chi connectivity index (χ3n) is 8.51. The molecule has 0 saturated heterocycles. The van der Waals surface area contributed by atoms with Crippen molar-refractivity contribution in [2.24, 2.45) is 25.0 Å². The maximum absolute atomic E-state index is 7.87. The molecule has 8 nitrogen and oxygen atoms in total. The second kappa shape index (κ2) is 8.43. The number of aromatic nitrogens is 2. The zero-order valence-corrected chi connectivity index (χ0v) is 26.6. The number of amidine groups is 3. The molecule has 2 aromatic heterocycles. The van der Waals surface area contributed by atoms with Crippen molar-refractivity contribution in [2.75, 3.05) is 5.32 Å². The molecule has 4 aliphatic rings. The number of rotatable bonds is 0. The van der Waals surface area contributed by atoms with Crippen LogP contribution in [0.15, 0.2) is 122 Å². The van der Waals surface area contributed by atoms with E-state index in [-0.39, 0.29) is 6.17 Å². The summed E-state index contributed by atoms with van der Waals surface area (Å²) >= 11 is -4.86. The van der Waals surface area contributed by atoms with Gasteiger partial charge in [-0.2, -0.15) is 0 Å². The summed E-state index contributed by atoms with van der Waals surface area (Å²) in [7, 11) is 15.7. The van der Waals surface area contributed by atoms with Crippen LogP contribution in [-0.4, -0.2) is 39.8 Å². The van der Waals surface area contributed by atoms with Crippen LogP contribution in [0.4, 0.5) is 11.6 Å². The Hall–Kier alpha value is -4.25. The number of nitrogens with one attached hydrogen (secondary N) is 1. The van der Waals surface area contributed by atoms with Crippen LogP contribution in [0.2, 0.25) is 0 Å². The van der Waals surface area contributed by atoms with Crippen LogP contribution in [-0.2, 0) is 0 Å². The number of fused-ring (bicyclic) bond motifs is 14. The van der Waals surface area contributed by atoms with E-state index in [0.717, 1.165) is 49.6 Å². The first-order valence-corrected chi connectivity index (χ1v) is 23.7. The van der Waals surface area contributed by atoms with Gasteiger partial charge in [-0.15, -0.1) is 0 Å². The first-order chi connectivity index (χ1) is 21.1. The van der Waals surface area contributed by atoms with Gasteiger partial charge in [0.2, 0.25) is 0 Å². The summed E-state index contributed by atoms with van der Waals surface area (Å²) in [5.41, 5.74) is 5.09. The van der Waals surface area contributed by atoms with Gasteiger partial charge in [0.05, 0.1) is 0 Å². The number of nitrogens with zero attached hydrogens (tertiary/aromatic N) is 7. The molecule has 43 heavy (non-hydrogen) atoms. The molecule has 6 heterocycles. The monoisotopic (exact) mass is 704 g/mol. The first kappa shape index (κ1) is 24.2. The molecule has 1 unspecified atom stereocenters. The summed E-state index contributed by atoms with van der Waals surface area (Å²) in [4.78, 5) is 25.8. The number of anilines is 1. The predicted molar refractivity (Wildman–Crippen MR) is 173 cm³/mol. The average Bonchev–Trinajstić information content (AvgIpc) is 3.74. The van der Waals surface area contributed by atoms with E-state index in [0.29, 0.717) is 34.3 Å². The topological polar surface area (TPSA) is 83.7 Å². The van der Waals surface area contributed by atoms with E-state index in [1.165, 1.54) is 0 Å². The van der Waals surface area contributed by atoms with Crippen molar-refractivity contribution in [1.82, 2.24) is 5.58 Å². The third-order valence-corrected chi connectivity index (χ3v) is 18.6. The second-order valence-electron chi connectivity index (χ2n) is 10.8. The summed E-state index contributed by atoms with van der Waals surface area (Å²) in [5.74, 6) is 3.20. The maximum atomic E-state index is 7.87. The van der Waals surface area contributed by atoms with E-state index in [1.807, 2.05) is 78.4 Å². The number of halogens is 2. The first-order valence-electron chi connectivity index (χ1n) is 13.9. The van der Waals surface area contributed by atoms with Gasteiger partial charge >= 0.3 is 258 Å². The Labute approximate surface area is 256 Å². The van der Waals surface area contributed by atoms with E-state index in [9.17, 15) is 0 Å². The number of aliphatic imine (C=N–C) groups is 3. The molecule has 4 aromatic carbocycles. The van der Waals surface area contributed by atoms with Crippen molar-refractivity contribution in [3.63, 3.8) is 0 Å². The summed E-state index contributed by atoms with van der Waals surface area (Å²) < 4.78 is 4.03. The summed E-state index contributed by atoms with van der Waals surface area (Å²) in [6.45, 7) is 0. The molecule has 0 amide bonds. The number of benzene rings is 4. The molecule has 204 valence electrons. The predicted octanol–water partition coefficient (Wildman–Crippen LogP) is 5.88. The minimum absolute atomic E-state index is 0.385. The van der Waals surface area contributed by atoms with E-state index in [1.54, 1.807) is 0 Å². The van der Waals surface area contributed by atoms with E-state index in [4.69, 9.17) is 42.8 Å². The van der Waals surface area contributed by atoms with Crippen LogP contribution < -0.4 is 16.3 Å². The van der Waals surface area contributed by atoms with E-state index < -0.39 is 16.7 Å². The molecule has 11 heteroatoms. The minimum atomic E-state index is -4.86. The Morgan fingerprint density at radius 3 is 1.84 bits per heavy atom. The van der Waals surface area contributed by atoms with Gasteiger partial charge in [0.1, 0.15) is 0 Å². The SMILES string of the molecule is [Cl][Sn]1([Cl])[n]2c3c4ccccc4c2NC2N=C(N=c4c5ccccc5c([n]41)=NC1=N/C(=N\3)c3ccccc31)c1ccccc12. The van der Waals surface area contributed by atoms with Gasteiger partial charge in [-0.3, -0.25) is 0 Å². The van der Waals surface area contributed by atoms with Crippen LogP contribution in [0.5, 0.6) is 0 Å². The van der Waals surface area contributed by atoms with Crippen molar-refractivity contribution in [2.45, 2.75) is 6.17 Å². The zero-order chi connectivity index (χ0) is 28.4. The van der Waals surface area contributed by atoms with Crippen molar-refractivity contribution >= 4 is 85.2 Å². The van der Waals surface area contributed by atoms with Crippen LogP contribution in [0.3, 0.4) is 0 Å². The van der Waals surface area contributed by atoms with Crippen molar-refractivity contribution in [3.05, 3.63) is 130 Å². The zero-order valence-electron chi connectivity index (χ0n) is 22.2. The molecular weight excluding hydrogens is 686 g/mol. The molecule has 0 saturated carbocycles. The summed E-state index contributed by atoms with van der Waals surface area (Å²) in [6, 6.07) is 32.5. The molecule has 4 aliphatic heterocycles. The van der Waals surface area contributed by atoms with Gasteiger partial charge in [0.15, 0.2) is 0 Å². The Kier molecular flexibility index (Phi) is 4.75. The Balaban J connectivity index is 1.50. The van der Waals surface area contributed by atoms with Crippen molar-refractivity contribution in [1.29, 1.82) is 0 Å². The Morgan fingerprint density at radius 2 is 1.12 bits per heavy atom. The second-order valence-corrected chi connectivity index (χ2v) is 24.6. The van der Waals surface area contributed by atoms with Crippen molar-refractivity contribution in [3.8, 4) is 0 Å². The molecule has 10 rings (SSSR count). The third kappa shape index (κ3) is 3.15. The molecule has 0 aliphatic carbocycles. The van der Waals surface area contributed by atoms with E-state index in [2.05, 4.69) is 29.6 Å². The van der Waals surface area contributed by atoms with Crippen LogP contribution >= 0.6 is 17.8 Å². The van der Waals surface area contributed by atoms with E-state index >= 15 is 0 Å². The molecule has 0 fully saturated rings. The molecule has 0 radical (unpaired) electrons. The number of hydrogen-bond acceptors (Lipinski definition) is 6.